The van der Waals surface area contributed by atoms with Crippen LogP contribution in [0.4, 0.5) is 0 Å². The molecule has 1 aliphatic heterocycles. The van der Waals surface area contributed by atoms with Crippen molar-refractivity contribution >= 4 is 16.5 Å². The molecule has 27 heavy (non-hydrogen) atoms. The predicted octanol–water partition coefficient (Wildman–Crippen LogP) is 4.88. The Hall–Kier alpha value is -2.36. The van der Waals surface area contributed by atoms with E-state index in [4.69, 9.17) is 0 Å². The molecule has 3 aromatic rings. The van der Waals surface area contributed by atoms with Gasteiger partial charge in [0.2, 0.25) is 0 Å². The monoisotopic (exact) mass is 357 g/mol. The molecule has 0 bridgehead atoms. The zero-order chi connectivity index (χ0) is 18.2. The summed E-state index contributed by atoms with van der Waals surface area (Å²) in [4.78, 5) is 3.74. The molecule has 2 aliphatic rings. The SMILES string of the molecule is C[C@@H](NC1CCCc2c1[nH]c1ccc(C3=CCNC3)cc21)c1ccccc1. The highest BCUT2D eigenvalue weighted by atomic mass is 15.0. The molecule has 2 heterocycles. The Labute approximate surface area is 160 Å². The molecular weight excluding hydrogens is 330 g/mol. The van der Waals surface area contributed by atoms with Crippen LogP contribution in [0.3, 0.4) is 0 Å². The first-order valence-electron chi connectivity index (χ1n) is 10.2. The molecule has 1 aliphatic carbocycles. The lowest BCUT2D eigenvalue weighted by molar-refractivity contribution is 0.410. The second-order valence-corrected chi connectivity index (χ2v) is 7.88. The number of benzene rings is 2. The summed E-state index contributed by atoms with van der Waals surface area (Å²) < 4.78 is 0. The van der Waals surface area contributed by atoms with E-state index in [0.29, 0.717) is 12.1 Å². The van der Waals surface area contributed by atoms with Crippen molar-refractivity contribution in [1.29, 1.82) is 0 Å². The third-order valence-corrected chi connectivity index (χ3v) is 6.14. The molecule has 1 aromatic heterocycles. The van der Waals surface area contributed by atoms with E-state index in [1.165, 1.54) is 58.1 Å². The van der Waals surface area contributed by atoms with E-state index in [0.717, 1.165) is 13.1 Å². The summed E-state index contributed by atoms with van der Waals surface area (Å²) in [7, 11) is 0. The van der Waals surface area contributed by atoms with Crippen molar-refractivity contribution in [2.75, 3.05) is 13.1 Å². The van der Waals surface area contributed by atoms with Gasteiger partial charge in [0.15, 0.2) is 0 Å². The molecule has 2 aromatic carbocycles. The number of fused-ring (bicyclic) bond motifs is 3. The summed E-state index contributed by atoms with van der Waals surface area (Å²) in [5.41, 5.74) is 8.33. The molecule has 2 atom stereocenters. The molecule has 3 heteroatoms. The highest BCUT2D eigenvalue weighted by molar-refractivity contribution is 5.89. The number of aromatic amines is 1. The second kappa shape index (κ2) is 6.99. The van der Waals surface area contributed by atoms with Crippen molar-refractivity contribution in [1.82, 2.24) is 15.6 Å². The highest BCUT2D eigenvalue weighted by Crippen LogP contribution is 2.37. The number of H-pyrrole nitrogens is 1. The Morgan fingerprint density at radius 3 is 2.81 bits per heavy atom. The summed E-state index contributed by atoms with van der Waals surface area (Å²) in [6, 6.07) is 18.4. The lowest BCUT2D eigenvalue weighted by atomic mass is 9.90. The van der Waals surface area contributed by atoms with Crippen molar-refractivity contribution in [3.8, 4) is 0 Å². The minimum atomic E-state index is 0.346. The van der Waals surface area contributed by atoms with Crippen LogP contribution in [0.25, 0.3) is 16.5 Å². The van der Waals surface area contributed by atoms with E-state index in [1.807, 2.05) is 0 Å². The largest absolute Gasteiger partial charge is 0.357 e. The van der Waals surface area contributed by atoms with E-state index < -0.39 is 0 Å². The Bertz CT molecular complexity index is 984. The molecule has 0 radical (unpaired) electrons. The molecule has 0 spiro atoms. The fourth-order valence-corrected chi connectivity index (χ4v) is 4.66. The summed E-state index contributed by atoms with van der Waals surface area (Å²) in [5.74, 6) is 0. The topological polar surface area (TPSA) is 39.9 Å². The lowest BCUT2D eigenvalue weighted by Crippen LogP contribution is -2.27. The lowest BCUT2D eigenvalue weighted by Gasteiger charge is -2.27. The maximum Gasteiger partial charge on any atom is 0.0480 e. The van der Waals surface area contributed by atoms with Gasteiger partial charge in [-0.2, -0.15) is 0 Å². The fourth-order valence-electron chi connectivity index (χ4n) is 4.66. The van der Waals surface area contributed by atoms with Gasteiger partial charge in [0.25, 0.3) is 0 Å². The van der Waals surface area contributed by atoms with Crippen LogP contribution in [0.1, 0.15) is 54.2 Å². The van der Waals surface area contributed by atoms with E-state index >= 15 is 0 Å². The maximum atomic E-state index is 3.87. The van der Waals surface area contributed by atoms with Gasteiger partial charge >= 0.3 is 0 Å². The van der Waals surface area contributed by atoms with Gasteiger partial charge in [-0.3, -0.25) is 0 Å². The normalized spacial score (nSPS) is 20.5. The summed E-state index contributed by atoms with van der Waals surface area (Å²) >= 11 is 0. The van der Waals surface area contributed by atoms with E-state index in [2.05, 4.69) is 77.1 Å². The van der Waals surface area contributed by atoms with Crippen molar-refractivity contribution in [2.24, 2.45) is 0 Å². The third-order valence-electron chi connectivity index (χ3n) is 6.14. The van der Waals surface area contributed by atoms with Gasteiger partial charge in [-0.05, 0) is 60.6 Å². The molecular formula is C24H27N3. The maximum absolute atomic E-state index is 3.87. The molecule has 138 valence electrons. The smallest absolute Gasteiger partial charge is 0.0480 e. The number of hydrogen-bond acceptors (Lipinski definition) is 2. The second-order valence-electron chi connectivity index (χ2n) is 7.88. The number of rotatable bonds is 4. The average Bonchev–Trinajstić information content (AvgIpc) is 3.37. The predicted molar refractivity (Wildman–Crippen MR) is 113 cm³/mol. The number of aryl methyl sites for hydroxylation is 1. The zero-order valence-electron chi connectivity index (χ0n) is 15.9. The van der Waals surface area contributed by atoms with Crippen LogP contribution >= 0.6 is 0 Å². The van der Waals surface area contributed by atoms with Crippen LogP contribution in [0.15, 0.2) is 54.6 Å². The van der Waals surface area contributed by atoms with Crippen LogP contribution in [-0.4, -0.2) is 18.1 Å². The standard InChI is InChI=1S/C24H27N3/c1-16(17-6-3-2-4-7-17)26-23-9-5-8-20-21-14-18(19-12-13-25-15-19)10-11-22(21)27-24(20)23/h2-4,6-7,10-12,14,16,23,25-27H,5,8-9,13,15H2,1H3/t16-,23?/m1/s1. The summed E-state index contributed by atoms with van der Waals surface area (Å²) in [6.45, 7) is 4.24. The van der Waals surface area contributed by atoms with Crippen LogP contribution in [0.5, 0.6) is 0 Å². The van der Waals surface area contributed by atoms with E-state index in [9.17, 15) is 0 Å². The van der Waals surface area contributed by atoms with Crippen molar-refractivity contribution in [3.05, 3.63) is 77.0 Å². The van der Waals surface area contributed by atoms with Gasteiger partial charge in [-0.1, -0.05) is 42.5 Å². The van der Waals surface area contributed by atoms with Crippen molar-refractivity contribution in [3.63, 3.8) is 0 Å². The average molecular weight is 358 g/mol. The van der Waals surface area contributed by atoms with E-state index in [-0.39, 0.29) is 0 Å². The van der Waals surface area contributed by atoms with Crippen LogP contribution in [-0.2, 0) is 6.42 Å². The number of hydrogen-bond donors (Lipinski definition) is 3. The zero-order valence-corrected chi connectivity index (χ0v) is 15.9. The molecule has 0 amide bonds. The quantitative estimate of drug-likeness (QED) is 0.622. The van der Waals surface area contributed by atoms with Gasteiger partial charge < -0.3 is 15.6 Å². The first-order chi connectivity index (χ1) is 13.3. The van der Waals surface area contributed by atoms with Gasteiger partial charge in [-0.25, -0.2) is 0 Å². The molecule has 3 N–H and O–H groups in total. The number of aromatic nitrogens is 1. The Balaban J connectivity index is 1.47. The minimum Gasteiger partial charge on any atom is -0.357 e. The first-order valence-corrected chi connectivity index (χ1v) is 10.2. The molecule has 1 unspecified atom stereocenters. The van der Waals surface area contributed by atoms with Crippen LogP contribution < -0.4 is 10.6 Å². The molecule has 3 nitrogen and oxygen atoms in total. The summed E-state index contributed by atoms with van der Waals surface area (Å²) in [5, 5.41) is 8.69. The van der Waals surface area contributed by atoms with Crippen molar-refractivity contribution < 1.29 is 0 Å². The first kappa shape index (κ1) is 16.8. The van der Waals surface area contributed by atoms with Crippen molar-refractivity contribution in [2.45, 2.75) is 38.3 Å². The Kier molecular flexibility index (Phi) is 4.35. The fraction of sp³-hybridized carbons (Fsp3) is 0.333. The molecule has 0 saturated carbocycles. The Morgan fingerprint density at radius 2 is 2.00 bits per heavy atom. The highest BCUT2D eigenvalue weighted by Gasteiger charge is 2.26. The minimum absolute atomic E-state index is 0.346. The van der Waals surface area contributed by atoms with Gasteiger partial charge in [0, 0.05) is 41.8 Å². The molecule has 0 fully saturated rings. The van der Waals surface area contributed by atoms with Crippen LogP contribution in [0, 0.1) is 0 Å². The number of nitrogens with one attached hydrogen (secondary N) is 3. The van der Waals surface area contributed by atoms with Gasteiger partial charge in [0.05, 0.1) is 0 Å². The van der Waals surface area contributed by atoms with E-state index in [1.54, 1.807) is 0 Å². The third kappa shape index (κ3) is 3.11. The Morgan fingerprint density at radius 1 is 1.11 bits per heavy atom. The summed E-state index contributed by atoms with van der Waals surface area (Å²) in [6.07, 6.45) is 5.92. The van der Waals surface area contributed by atoms with Gasteiger partial charge in [0.1, 0.15) is 0 Å². The van der Waals surface area contributed by atoms with Gasteiger partial charge in [-0.15, -0.1) is 0 Å². The van der Waals surface area contributed by atoms with Crippen LogP contribution in [0.2, 0.25) is 0 Å². The molecule has 0 saturated heterocycles. The molecule has 5 rings (SSSR count).